The molecule has 3 aromatic rings. The minimum atomic E-state index is -0.262. The lowest BCUT2D eigenvalue weighted by Crippen LogP contribution is -2.32. The molecule has 1 atom stereocenters. The van der Waals surface area contributed by atoms with Gasteiger partial charge in [0, 0.05) is 5.56 Å². The Balaban J connectivity index is 1.58. The van der Waals surface area contributed by atoms with Crippen LogP contribution >= 0.6 is 0 Å². The summed E-state index contributed by atoms with van der Waals surface area (Å²) in [6.07, 6.45) is 0. The Labute approximate surface area is 156 Å². The van der Waals surface area contributed by atoms with Crippen molar-refractivity contribution in [2.75, 3.05) is 11.9 Å². The molecule has 1 aliphatic rings. The van der Waals surface area contributed by atoms with Crippen LogP contribution < -0.4 is 15.4 Å². The number of carbonyl (C=O) groups is 2. The first-order valence-electron chi connectivity index (χ1n) is 8.83. The molecule has 3 N–H and O–H groups in total. The second kappa shape index (κ2) is 6.75. The number of imidazole rings is 1. The minimum Gasteiger partial charge on any atom is -0.482 e. The fraction of sp³-hybridized carbons (Fsp3) is 0.250. The average molecular weight is 364 g/mol. The lowest BCUT2D eigenvalue weighted by atomic mass is 10.0. The smallest absolute Gasteiger partial charge is 0.262 e. The van der Waals surface area contributed by atoms with E-state index in [0.29, 0.717) is 17.0 Å². The molecule has 138 valence electrons. The number of H-pyrrole nitrogens is 1. The van der Waals surface area contributed by atoms with Crippen molar-refractivity contribution < 1.29 is 14.3 Å². The fourth-order valence-corrected chi connectivity index (χ4v) is 3.11. The molecule has 2 amide bonds. The predicted molar refractivity (Wildman–Crippen MR) is 102 cm³/mol. The van der Waals surface area contributed by atoms with E-state index in [0.717, 1.165) is 16.9 Å². The van der Waals surface area contributed by atoms with Crippen LogP contribution in [0.1, 0.15) is 36.1 Å². The third-order valence-corrected chi connectivity index (χ3v) is 4.53. The van der Waals surface area contributed by atoms with Crippen LogP contribution in [-0.2, 0) is 4.79 Å². The number of para-hydroxylation sites is 2. The third kappa shape index (κ3) is 3.36. The Hall–Kier alpha value is -3.35. The van der Waals surface area contributed by atoms with Gasteiger partial charge in [-0.15, -0.1) is 0 Å². The molecule has 2 aromatic carbocycles. The Morgan fingerprint density at radius 3 is 2.81 bits per heavy atom. The van der Waals surface area contributed by atoms with Crippen LogP contribution in [0, 0.1) is 5.92 Å². The van der Waals surface area contributed by atoms with E-state index in [1.165, 1.54) is 0 Å². The summed E-state index contributed by atoms with van der Waals surface area (Å²) in [7, 11) is 0. The van der Waals surface area contributed by atoms with Gasteiger partial charge in [-0.1, -0.05) is 26.0 Å². The van der Waals surface area contributed by atoms with Gasteiger partial charge in [0.05, 0.1) is 22.8 Å². The van der Waals surface area contributed by atoms with Gasteiger partial charge in [-0.2, -0.15) is 0 Å². The number of nitrogens with one attached hydrogen (secondary N) is 3. The van der Waals surface area contributed by atoms with Crippen LogP contribution in [0.3, 0.4) is 0 Å². The Kier molecular flexibility index (Phi) is 4.27. The Morgan fingerprint density at radius 1 is 1.22 bits per heavy atom. The zero-order chi connectivity index (χ0) is 19.0. The van der Waals surface area contributed by atoms with Crippen molar-refractivity contribution in [3.8, 4) is 5.75 Å². The molecule has 4 rings (SSSR count). The highest BCUT2D eigenvalue weighted by Crippen LogP contribution is 2.29. The number of hydrogen-bond acceptors (Lipinski definition) is 4. The molecule has 1 unspecified atom stereocenters. The largest absolute Gasteiger partial charge is 0.482 e. The van der Waals surface area contributed by atoms with E-state index in [9.17, 15) is 9.59 Å². The Morgan fingerprint density at radius 2 is 2.04 bits per heavy atom. The first kappa shape index (κ1) is 17.1. The first-order chi connectivity index (χ1) is 13.0. The number of carbonyl (C=O) groups excluding carboxylic acids is 2. The topological polar surface area (TPSA) is 96.1 Å². The number of rotatable bonds is 4. The summed E-state index contributed by atoms with van der Waals surface area (Å²) in [6, 6.07) is 12.5. The highest BCUT2D eigenvalue weighted by Gasteiger charge is 2.24. The third-order valence-electron chi connectivity index (χ3n) is 4.53. The molecule has 0 saturated heterocycles. The van der Waals surface area contributed by atoms with E-state index < -0.39 is 0 Å². The van der Waals surface area contributed by atoms with Gasteiger partial charge >= 0.3 is 0 Å². The SMILES string of the molecule is CC(C)C(NC(=O)c1ccc2c(c1)OCC(=O)N2)c1nc2ccccc2[nH]1. The molecular formula is C20H20N4O3. The maximum Gasteiger partial charge on any atom is 0.262 e. The fourth-order valence-electron chi connectivity index (χ4n) is 3.11. The number of anilines is 1. The molecular weight excluding hydrogens is 344 g/mol. The maximum atomic E-state index is 12.8. The number of ether oxygens (including phenoxy) is 1. The van der Waals surface area contributed by atoms with E-state index in [4.69, 9.17) is 4.74 Å². The second-order valence-electron chi connectivity index (χ2n) is 6.88. The van der Waals surface area contributed by atoms with Gasteiger partial charge in [0.1, 0.15) is 11.6 Å². The zero-order valence-corrected chi connectivity index (χ0v) is 15.1. The summed E-state index contributed by atoms with van der Waals surface area (Å²) < 4.78 is 5.39. The van der Waals surface area contributed by atoms with Gasteiger partial charge in [0.25, 0.3) is 11.8 Å². The molecule has 0 spiro atoms. The molecule has 0 bridgehead atoms. The van der Waals surface area contributed by atoms with Gasteiger partial charge in [-0.25, -0.2) is 4.98 Å². The molecule has 0 aliphatic carbocycles. The first-order valence-corrected chi connectivity index (χ1v) is 8.83. The molecule has 7 nitrogen and oxygen atoms in total. The summed E-state index contributed by atoms with van der Waals surface area (Å²) in [6.45, 7) is 4.01. The van der Waals surface area contributed by atoms with Crippen LogP contribution in [0.25, 0.3) is 11.0 Å². The Bertz CT molecular complexity index is 992. The standard InChI is InChI=1S/C20H20N4O3/c1-11(2)18(19-22-13-5-3-4-6-14(13)23-19)24-20(26)12-7-8-15-16(9-12)27-10-17(25)21-15/h3-9,11,18H,10H2,1-2H3,(H,21,25)(H,22,23)(H,24,26). The molecule has 27 heavy (non-hydrogen) atoms. The number of hydrogen-bond donors (Lipinski definition) is 3. The van der Waals surface area contributed by atoms with Crippen molar-refractivity contribution in [1.82, 2.24) is 15.3 Å². The van der Waals surface area contributed by atoms with Crippen molar-refractivity contribution in [2.45, 2.75) is 19.9 Å². The number of amides is 2. The minimum absolute atomic E-state index is 0.0499. The highest BCUT2D eigenvalue weighted by molar-refractivity contribution is 5.99. The summed E-state index contributed by atoms with van der Waals surface area (Å²) >= 11 is 0. The van der Waals surface area contributed by atoms with Crippen molar-refractivity contribution >= 4 is 28.5 Å². The van der Waals surface area contributed by atoms with Gasteiger partial charge in [-0.05, 0) is 36.2 Å². The summed E-state index contributed by atoms with van der Waals surface area (Å²) in [5.41, 5.74) is 2.84. The summed E-state index contributed by atoms with van der Waals surface area (Å²) in [5, 5.41) is 5.77. The highest BCUT2D eigenvalue weighted by atomic mass is 16.5. The molecule has 1 aliphatic heterocycles. The van der Waals surface area contributed by atoms with Crippen LogP contribution in [0.15, 0.2) is 42.5 Å². The van der Waals surface area contributed by atoms with Gasteiger partial charge in [-0.3, -0.25) is 9.59 Å². The van der Waals surface area contributed by atoms with Crippen molar-refractivity contribution in [1.29, 1.82) is 0 Å². The van der Waals surface area contributed by atoms with Crippen LogP contribution in [0.4, 0.5) is 5.69 Å². The number of fused-ring (bicyclic) bond motifs is 2. The van der Waals surface area contributed by atoms with E-state index in [1.807, 2.05) is 38.1 Å². The van der Waals surface area contributed by atoms with E-state index in [1.54, 1.807) is 18.2 Å². The second-order valence-corrected chi connectivity index (χ2v) is 6.88. The van der Waals surface area contributed by atoms with Crippen LogP contribution in [0.2, 0.25) is 0 Å². The van der Waals surface area contributed by atoms with Crippen LogP contribution in [-0.4, -0.2) is 28.4 Å². The molecule has 0 radical (unpaired) electrons. The predicted octanol–water partition coefficient (Wildman–Crippen LogP) is 3.02. The monoisotopic (exact) mass is 364 g/mol. The maximum absolute atomic E-state index is 12.8. The van der Waals surface area contributed by atoms with E-state index in [-0.39, 0.29) is 30.4 Å². The van der Waals surface area contributed by atoms with Crippen molar-refractivity contribution in [2.24, 2.45) is 5.92 Å². The molecule has 7 heteroatoms. The lowest BCUT2D eigenvalue weighted by Gasteiger charge is -2.22. The molecule has 2 heterocycles. The van der Waals surface area contributed by atoms with Crippen molar-refractivity contribution in [3.63, 3.8) is 0 Å². The van der Waals surface area contributed by atoms with E-state index in [2.05, 4.69) is 20.6 Å². The van der Waals surface area contributed by atoms with Crippen molar-refractivity contribution in [3.05, 3.63) is 53.9 Å². The zero-order valence-electron chi connectivity index (χ0n) is 15.1. The molecule has 0 saturated carbocycles. The molecule has 1 aromatic heterocycles. The number of nitrogens with zero attached hydrogens (tertiary/aromatic N) is 1. The van der Waals surface area contributed by atoms with Gasteiger partial charge < -0.3 is 20.4 Å². The van der Waals surface area contributed by atoms with Gasteiger partial charge in [0.15, 0.2) is 6.61 Å². The summed E-state index contributed by atoms with van der Waals surface area (Å²) in [5.74, 6) is 0.928. The van der Waals surface area contributed by atoms with Gasteiger partial charge in [0.2, 0.25) is 0 Å². The summed E-state index contributed by atoms with van der Waals surface area (Å²) in [4.78, 5) is 32.1. The quantitative estimate of drug-likeness (QED) is 0.663. The van der Waals surface area contributed by atoms with Crippen LogP contribution in [0.5, 0.6) is 5.75 Å². The number of aromatic amines is 1. The molecule has 0 fully saturated rings. The number of benzene rings is 2. The average Bonchev–Trinajstić information content (AvgIpc) is 3.08. The van der Waals surface area contributed by atoms with E-state index >= 15 is 0 Å². The lowest BCUT2D eigenvalue weighted by molar-refractivity contribution is -0.118. The number of aromatic nitrogens is 2. The normalized spacial score (nSPS) is 14.4.